The third-order valence-electron chi connectivity index (χ3n) is 5.25. The Labute approximate surface area is 179 Å². The second-order valence-electron chi connectivity index (χ2n) is 7.18. The van der Waals surface area contributed by atoms with Crippen LogP contribution in [0.2, 0.25) is 0 Å². The lowest BCUT2D eigenvalue weighted by Gasteiger charge is -2.11. The fourth-order valence-corrected chi connectivity index (χ4v) is 3.67. The van der Waals surface area contributed by atoms with Gasteiger partial charge in [0.25, 0.3) is 5.89 Å². The number of hydrogen-bond acceptors (Lipinski definition) is 5. The molecule has 6 heteroatoms. The van der Waals surface area contributed by atoms with E-state index in [4.69, 9.17) is 14.0 Å². The molecule has 5 rings (SSSR count). The molecule has 2 heterocycles. The largest absolute Gasteiger partial charge is 0.495 e. The van der Waals surface area contributed by atoms with Crippen molar-refractivity contribution in [1.29, 1.82) is 0 Å². The minimum Gasteiger partial charge on any atom is -0.495 e. The minimum atomic E-state index is 0.439. The minimum absolute atomic E-state index is 0.439. The molecule has 0 radical (unpaired) electrons. The van der Waals surface area contributed by atoms with Crippen LogP contribution >= 0.6 is 0 Å². The summed E-state index contributed by atoms with van der Waals surface area (Å²) < 4.78 is 19.3. The Morgan fingerprint density at radius 3 is 2.35 bits per heavy atom. The van der Waals surface area contributed by atoms with Gasteiger partial charge in [-0.05, 0) is 23.8 Å². The van der Waals surface area contributed by atoms with Crippen LogP contribution in [0.3, 0.4) is 0 Å². The van der Waals surface area contributed by atoms with Crippen molar-refractivity contribution in [2.75, 3.05) is 7.11 Å². The van der Waals surface area contributed by atoms with Gasteiger partial charge in [0.05, 0.1) is 12.6 Å². The van der Waals surface area contributed by atoms with Crippen molar-refractivity contribution < 1.29 is 14.0 Å². The molecule has 31 heavy (non-hydrogen) atoms. The van der Waals surface area contributed by atoms with Gasteiger partial charge in [-0.1, -0.05) is 65.8 Å². The van der Waals surface area contributed by atoms with Crippen molar-refractivity contribution in [2.24, 2.45) is 7.05 Å². The number of aryl methyl sites for hydroxylation is 1. The van der Waals surface area contributed by atoms with E-state index >= 15 is 0 Å². The van der Waals surface area contributed by atoms with Crippen LogP contribution in [0.1, 0.15) is 5.56 Å². The summed E-state index contributed by atoms with van der Waals surface area (Å²) in [6.45, 7) is 0.477. The number of fused-ring (bicyclic) bond motifs is 1. The van der Waals surface area contributed by atoms with Crippen LogP contribution in [-0.2, 0) is 13.7 Å². The highest BCUT2D eigenvalue weighted by atomic mass is 16.5. The van der Waals surface area contributed by atoms with E-state index < -0.39 is 0 Å². The normalized spacial score (nSPS) is 11.0. The Morgan fingerprint density at radius 2 is 1.61 bits per heavy atom. The first-order valence-corrected chi connectivity index (χ1v) is 9.97. The lowest BCUT2D eigenvalue weighted by atomic mass is 10.2. The summed E-state index contributed by atoms with van der Waals surface area (Å²) in [5, 5.41) is 5.08. The summed E-state index contributed by atoms with van der Waals surface area (Å²) in [4.78, 5) is 4.61. The molecule has 6 nitrogen and oxygen atoms in total. The van der Waals surface area contributed by atoms with Gasteiger partial charge in [-0.25, -0.2) is 0 Å². The topological polar surface area (TPSA) is 62.3 Å². The second kappa shape index (κ2) is 7.99. The summed E-state index contributed by atoms with van der Waals surface area (Å²) in [7, 11) is 3.61. The van der Waals surface area contributed by atoms with Gasteiger partial charge in [-0.15, -0.1) is 0 Å². The Hall–Kier alpha value is -4.06. The number of nitrogens with zero attached hydrogens (tertiary/aromatic N) is 3. The van der Waals surface area contributed by atoms with Gasteiger partial charge in [0.2, 0.25) is 5.82 Å². The van der Waals surface area contributed by atoms with Crippen LogP contribution in [0.15, 0.2) is 83.4 Å². The van der Waals surface area contributed by atoms with Crippen molar-refractivity contribution in [3.63, 3.8) is 0 Å². The molecule has 0 saturated heterocycles. The third kappa shape index (κ3) is 3.53. The molecule has 0 aliphatic carbocycles. The molecule has 0 spiro atoms. The third-order valence-corrected chi connectivity index (χ3v) is 5.25. The van der Waals surface area contributed by atoms with Crippen LogP contribution in [0.5, 0.6) is 11.5 Å². The molecule has 0 fully saturated rings. The molecule has 3 aromatic carbocycles. The highest BCUT2D eigenvalue weighted by Crippen LogP contribution is 2.38. The lowest BCUT2D eigenvalue weighted by Crippen LogP contribution is -1.97. The number of aromatic nitrogens is 3. The van der Waals surface area contributed by atoms with Crippen LogP contribution in [0.4, 0.5) is 0 Å². The predicted molar refractivity (Wildman–Crippen MR) is 119 cm³/mol. The quantitative estimate of drug-likeness (QED) is 0.370. The molecule has 0 atom stereocenters. The van der Waals surface area contributed by atoms with Gasteiger partial charge in [0.1, 0.15) is 23.8 Å². The van der Waals surface area contributed by atoms with Crippen LogP contribution < -0.4 is 9.47 Å². The maximum absolute atomic E-state index is 6.15. The maximum Gasteiger partial charge on any atom is 0.274 e. The van der Waals surface area contributed by atoms with E-state index in [0.29, 0.717) is 18.3 Å². The van der Waals surface area contributed by atoms with Crippen molar-refractivity contribution in [3.05, 3.63) is 84.4 Å². The van der Waals surface area contributed by atoms with Crippen molar-refractivity contribution in [3.8, 4) is 34.5 Å². The molecule has 0 unspecified atom stereocenters. The molecule has 0 saturated carbocycles. The average molecular weight is 411 g/mol. The zero-order chi connectivity index (χ0) is 21.2. The van der Waals surface area contributed by atoms with Gasteiger partial charge in [0, 0.05) is 18.0 Å². The Balaban J connectivity index is 1.55. The van der Waals surface area contributed by atoms with Gasteiger partial charge in [-0.3, -0.25) is 0 Å². The van der Waals surface area contributed by atoms with Crippen molar-refractivity contribution in [1.82, 2.24) is 14.7 Å². The first kappa shape index (κ1) is 18.9. The van der Waals surface area contributed by atoms with E-state index in [1.54, 1.807) is 7.11 Å². The molecule has 0 aliphatic rings. The van der Waals surface area contributed by atoms with E-state index in [2.05, 4.69) is 10.1 Å². The van der Waals surface area contributed by atoms with Gasteiger partial charge in [0.15, 0.2) is 0 Å². The van der Waals surface area contributed by atoms with E-state index in [9.17, 15) is 0 Å². The number of ether oxygens (including phenoxy) is 2. The molecule has 0 bridgehead atoms. The fourth-order valence-electron chi connectivity index (χ4n) is 3.67. The molecule has 2 aromatic heterocycles. The Bertz CT molecular complexity index is 1320. The smallest absolute Gasteiger partial charge is 0.274 e. The highest BCUT2D eigenvalue weighted by molar-refractivity contribution is 5.95. The summed E-state index contributed by atoms with van der Waals surface area (Å²) in [6.07, 6.45) is 0. The number of benzene rings is 3. The first-order chi connectivity index (χ1) is 15.2. The van der Waals surface area contributed by atoms with E-state index in [0.717, 1.165) is 39.2 Å². The Kier molecular flexibility index (Phi) is 4.88. The molecule has 0 aliphatic heterocycles. The summed E-state index contributed by atoms with van der Waals surface area (Å²) in [5.41, 5.74) is 3.70. The first-order valence-electron chi connectivity index (χ1n) is 9.97. The van der Waals surface area contributed by atoms with Gasteiger partial charge >= 0.3 is 0 Å². The fraction of sp³-hybridized carbons (Fsp3) is 0.120. The molecule has 154 valence electrons. The molecule has 0 N–H and O–H groups in total. The average Bonchev–Trinajstić information content (AvgIpc) is 3.44. The SMILES string of the molecule is COc1ccc(OCc2ccccc2)c2cc(-c3nc(-c4ccccc4)no3)n(C)c12. The number of methoxy groups -OCH3 is 1. The van der Waals surface area contributed by atoms with Gasteiger partial charge in [-0.2, -0.15) is 4.98 Å². The molecule has 5 aromatic rings. The summed E-state index contributed by atoms with van der Waals surface area (Å²) >= 11 is 0. The Morgan fingerprint density at radius 1 is 0.903 bits per heavy atom. The maximum atomic E-state index is 6.15. The monoisotopic (exact) mass is 411 g/mol. The van der Waals surface area contributed by atoms with Crippen molar-refractivity contribution >= 4 is 10.9 Å². The summed E-state index contributed by atoms with van der Waals surface area (Å²) in [6, 6.07) is 25.7. The highest BCUT2D eigenvalue weighted by Gasteiger charge is 2.20. The standard InChI is InChI=1S/C25H21N3O3/c1-28-20(25-26-24(27-31-25)18-11-7-4-8-12-18)15-19-21(13-14-22(29-2)23(19)28)30-16-17-9-5-3-6-10-17/h3-15H,16H2,1-2H3. The van der Waals surface area contributed by atoms with Gasteiger partial charge < -0.3 is 18.6 Å². The summed E-state index contributed by atoms with van der Waals surface area (Å²) in [5.74, 6) is 2.50. The predicted octanol–water partition coefficient (Wildman–Crippen LogP) is 5.48. The zero-order valence-electron chi connectivity index (χ0n) is 17.3. The molecular formula is C25H21N3O3. The lowest BCUT2D eigenvalue weighted by molar-refractivity contribution is 0.309. The van der Waals surface area contributed by atoms with E-state index in [-0.39, 0.29) is 0 Å². The number of hydrogen-bond donors (Lipinski definition) is 0. The number of rotatable bonds is 6. The second-order valence-corrected chi connectivity index (χ2v) is 7.18. The zero-order valence-corrected chi connectivity index (χ0v) is 17.3. The van der Waals surface area contributed by atoms with Crippen LogP contribution in [0.25, 0.3) is 33.9 Å². The van der Waals surface area contributed by atoms with E-state index in [1.165, 1.54) is 0 Å². The molecule has 0 amide bonds. The molecular weight excluding hydrogens is 390 g/mol. The van der Waals surface area contributed by atoms with Crippen LogP contribution in [-0.4, -0.2) is 21.8 Å². The van der Waals surface area contributed by atoms with Crippen molar-refractivity contribution in [2.45, 2.75) is 6.61 Å². The van der Waals surface area contributed by atoms with E-state index in [1.807, 2.05) is 90.5 Å². The van der Waals surface area contributed by atoms with Crippen LogP contribution in [0, 0.1) is 0 Å².